The van der Waals surface area contributed by atoms with Gasteiger partial charge in [-0.15, -0.1) is 0 Å². The third kappa shape index (κ3) is 3.52. The topological polar surface area (TPSA) is 68.1 Å². The lowest BCUT2D eigenvalue weighted by atomic mass is 9.98. The number of hydrogen-bond donors (Lipinski definition) is 1. The van der Waals surface area contributed by atoms with Crippen molar-refractivity contribution in [2.24, 2.45) is 0 Å². The van der Waals surface area contributed by atoms with Crippen LogP contribution >= 0.6 is 11.6 Å². The fourth-order valence-corrected chi connectivity index (χ4v) is 2.58. The van der Waals surface area contributed by atoms with E-state index in [0.717, 1.165) is 11.1 Å². The maximum absolute atomic E-state index is 11.2. The number of nitrogens with zero attached hydrogens (tertiary/aromatic N) is 2. The predicted molar refractivity (Wildman–Crippen MR) is 94.3 cm³/mol. The van der Waals surface area contributed by atoms with Crippen LogP contribution in [0.1, 0.15) is 17.2 Å². The molecule has 1 atom stereocenters. The van der Waals surface area contributed by atoms with Gasteiger partial charge in [0.15, 0.2) is 0 Å². The summed E-state index contributed by atoms with van der Waals surface area (Å²) in [4.78, 5) is 14.9. The summed E-state index contributed by atoms with van der Waals surface area (Å²) in [6, 6.07) is 19.7. The number of nitrogens with one attached hydrogen (secondary N) is 1. The van der Waals surface area contributed by atoms with Gasteiger partial charge in [0.05, 0.1) is 11.0 Å². The van der Waals surface area contributed by atoms with Crippen LogP contribution in [-0.4, -0.2) is 9.91 Å². The van der Waals surface area contributed by atoms with Crippen LogP contribution in [0.4, 0.5) is 11.5 Å². The molecule has 2 aromatic carbocycles. The Balaban J connectivity index is 2.03. The summed E-state index contributed by atoms with van der Waals surface area (Å²) in [7, 11) is 0. The van der Waals surface area contributed by atoms with E-state index in [0.29, 0.717) is 5.02 Å². The molecule has 0 unspecified atom stereocenters. The Morgan fingerprint density at radius 3 is 2.29 bits per heavy atom. The number of pyridine rings is 1. The van der Waals surface area contributed by atoms with Gasteiger partial charge in [0.2, 0.25) is 5.82 Å². The lowest BCUT2D eigenvalue weighted by Crippen LogP contribution is -2.14. The number of anilines is 1. The molecule has 24 heavy (non-hydrogen) atoms. The molecule has 0 bridgehead atoms. The maximum Gasteiger partial charge on any atom is 0.311 e. The number of nitro groups is 1. The first-order valence-corrected chi connectivity index (χ1v) is 7.69. The molecule has 5 nitrogen and oxygen atoms in total. The summed E-state index contributed by atoms with van der Waals surface area (Å²) in [6.45, 7) is 0. The van der Waals surface area contributed by atoms with E-state index in [1.807, 2.05) is 42.5 Å². The highest BCUT2D eigenvalue weighted by Gasteiger charge is 2.20. The van der Waals surface area contributed by atoms with E-state index < -0.39 is 4.92 Å². The number of rotatable bonds is 5. The summed E-state index contributed by atoms with van der Waals surface area (Å²) in [5.74, 6) is 0.228. The first-order valence-electron chi connectivity index (χ1n) is 7.31. The van der Waals surface area contributed by atoms with Gasteiger partial charge in [0, 0.05) is 17.3 Å². The van der Waals surface area contributed by atoms with E-state index in [1.54, 1.807) is 18.2 Å². The largest absolute Gasteiger partial charge is 0.353 e. The SMILES string of the molecule is O=[N+]([O-])c1cccnc1N[C@@H](c1ccccc1)c1ccc(Cl)cc1. The lowest BCUT2D eigenvalue weighted by molar-refractivity contribution is -0.384. The quantitative estimate of drug-likeness (QED) is 0.533. The second-order valence-corrected chi connectivity index (χ2v) is 5.60. The number of hydrogen-bond acceptors (Lipinski definition) is 4. The minimum absolute atomic E-state index is 0.0626. The van der Waals surface area contributed by atoms with Gasteiger partial charge in [0.1, 0.15) is 0 Å². The second kappa shape index (κ2) is 7.10. The van der Waals surface area contributed by atoms with Crippen molar-refractivity contribution in [3.05, 3.63) is 99.2 Å². The normalized spacial score (nSPS) is 11.7. The van der Waals surface area contributed by atoms with Crippen molar-refractivity contribution in [3.8, 4) is 0 Å². The number of halogens is 1. The highest BCUT2D eigenvalue weighted by Crippen LogP contribution is 2.30. The minimum Gasteiger partial charge on any atom is -0.353 e. The Hall–Kier alpha value is -2.92. The molecule has 0 spiro atoms. The van der Waals surface area contributed by atoms with Crippen LogP contribution in [0.3, 0.4) is 0 Å². The van der Waals surface area contributed by atoms with Crippen LogP contribution < -0.4 is 5.32 Å². The first kappa shape index (κ1) is 16.0. The molecule has 3 rings (SSSR count). The van der Waals surface area contributed by atoms with Gasteiger partial charge in [-0.3, -0.25) is 10.1 Å². The van der Waals surface area contributed by atoms with E-state index >= 15 is 0 Å². The zero-order valence-electron chi connectivity index (χ0n) is 12.6. The molecule has 0 aliphatic carbocycles. The minimum atomic E-state index is -0.445. The summed E-state index contributed by atoms with van der Waals surface area (Å²) >= 11 is 5.97. The van der Waals surface area contributed by atoms with Gasteiger partial charge in [-0.25, -0.2) is 4.98 Å². The van der Waals surface area contributed by atoms with Crippen LogP contribution in [0.5, 0.6) is 0 Å². The Morgan fingerprint density at radius 1 is 0.958 bits per heavy atom. The van der Waals surface area contributed by atoms with Gasteiger partial charge in [0.25, 0.3) is 0 Å². The van der Waals surface area contributed by atoms with Gasteiger partial charge in [-0.1, -0.05) is 54.1 Å². The van der Waals surface area contributed by atoms with Crippen molar-refractivity contribution in [1.29, 1.82) is 0 Å². The molecule has 0 aliphatic rings. The fourth-order valence-electron chi connectivity index (χ4n) is 2.45. The zero-order valence-corrected chi connectivity index (χ0v) is 13.4. The molecule has 1 N–H and O–H groups in total. The Bertz CT molecular complexity index is 838. The molecule has 3 aromatic rings. The van der Waals surface area contributed by atoms with Crippen LogP contribution in [0.25, 0.3) is 0 Å². The third-order valence-electron chi connectivity index (χ3n) is 3.60. The maximum atomic E-state index is 11.2. The molecular weight excluding hydrogens is 326 g/mol. The van der Waals surface area contributed by atoms with Crippen molar-refractivity contribution in [2.45, 2.75) is 6.04 Å². The highest BCUT2D eigenvalue weighted by molar-refractivity contribution is 6.30. The van der Waals surface area contributed by atoms with Crippen LogP contribution in [0.2, 0.25) is 5.02 Å². The summed E-state index contributed by atoms with van der Waals surface area (Å²) in [5, 5.41) is 15.0. The van der Waals surface area contributed by atoms with E-state index in [1.165, 1.54) is 12.3 Å². The highest BCUT2D eigenvalue weighted by atomic mass is 35.5. The van der Waals surface area contributed by atoms with Crippen molar-refractivity contribution < 1.29 is 4.92 Å². The molecule has 0 amide bonds. The van der Waals surface area contributed by atoms with Gasteiger partial charge in [-0.2, -0.15) is 0 Å². The third-order valence-corrected chi connectivity index (χ3v) is 3.85. The molecule has 0 saturated carbocycles. The summed E-state index contributed by atoms with van der Waals surface area (Å²) in [5.41, 5.74) is 1.85. The molecule has 0 radical (unpaired) electrons. The van der Waals surface area contributed by atoms with Gasteiger partial charge < -0.3 is 5.32 Å². The average Bonchev–Trinajstić information content (AvgIpc) is 2.61. The van der Waals surface area contributed by atoms with Crippen molar-refractivity contribution in [3.63, 3.8) is 0 Å². The molecule has 1 heterocycles. The predicted octanol–water partition coefficient (Wildman–Crippen LogP) is 4.84. The van der Waals surface area contributed by atoms with E-state index in [4.69, 9.17) is 11.6 Å². The number of aromatic nitrogens is 1. The molecule has 0 fully saturated rings. The summed E-state index contributed by atoms with van der Waals surface area (Å²) < 4.78 is 0. The average molecular weight is 340 g/mol. The summed E-state index contributed by atoms with van der Waals surface area (Å²) in [6.07, 6.45) is 1.53. The van der Waals surface area contributed by atoms with E-state index in [-0.39, 0.29) is 17.5 Å². The zero-order chi connectivity index (χ0) is 16.9. The Morgan fingerprint density at radius 2 is 1.62 bits per heavy atom. The molecule has 0 aliphatic heterocycles. The lowest BCUT2D eigenvalue weighted by Gasteiger charge is -2.20. The Labute approximate surface area is 144 Å². The molecule has 1 aromatic heterocycles. The van der Waals surface area contributed by atoms with Crippen molar-refractivity contribution in [1.82, 2.24) is 4.98 Å². The Kier molecular flexibility index (Phi) is 4.72. The fraction of sp³-hybridized carbons (Fsp3) is 0.0556. The van der Waals surface area contributed by atoms with Crippen LogP contribution in [0.15, 0.2) is 72.9 Å². The molecule has 0 saturated heterocycles. The first-order chi connectivity index (χ1) is 11.6. The smallest absolute Gasteiger partial charge is 0.311 e. The van der Waals surface area contributed by atoms with E-state index in [9.17, 15) is 10.1 Å². The molecule has 6 heteroatoms. The van der Waals surface area contributed by atoms with Crippen LogP contribution in [0, 0.1) is 10.1 Å². The number of benzene rings is 2. The monoisotopic (exact) mass is 339 g/mol. The van der Waals surface area contributed by atoms with Crippen LogP contribution in [-0.2, 0) is 0 Å². The van der Waals surface area contributed by atoms with Gasteiger partial charge >= 0.3 is 5.69 Å². The molecular formula is C18H14ClN3O2. The second-order valence-electron chi connectivity index (χ2n) is 5.17. The molecule has 120 valence electrons. The van der Waals surface area contributed by atoms with Gasteiger partial charge in [-0.05, 0) is 29.3 Å². The van der Waals surface area contributed by atoms with E-state index in [2.05, 4.69) is 10.3 Å². The standard InChI is InChI=1S/C18H14ClN3O2/c19-15-10-8-14(9-11-15)17(13-5-2-1-3-6-13)21-18-16(22(23)24)7-4-12-20-18/h1-12,17H,(H,20,21)/t17-/m0/s1. The van der Waals surface area contributed by atoms with Crippen molar-refractivity contribution in [2.75, 3.05) is 5.32 Å². The van der Waals surface area contributed by atoms with Crippen molar-refractivity contribution >= 4 is 23.1 Å².